The number of carbonyl (C=O) groups excluding carboxylic acids is 3. The smallest absolute Gasteiger partial charge is 0.283 e. The van der Waals surface area contributed by atoms with E-state index >= 15 is 0 Å². The summed E-state index contributed by atoms with van der Waals surface area (Å²) in [5.74, 6) is -2.61. The van der Waals surface area contributed by atoms with Crippen molar-refractivity contribution in [1.29, 1.82) is 0 Å². The van der Waals surface area contributed by atoms with Crippen LogP contribution in [0, 0.1) is 9.39 Å². The van der Waals surface area contributed by atoms with Crippen LogP contribution >= 0.6 is 34.2 Å². The Morgan fingerprint density at radius 2 is 1.50 bits per heavy atom. The summed E-state index contributed by atoms with van der Waals surface area (Å²) in [6, 6.07) is 19.1. The third-order valence-corrected chi connectivity index (χ3v) is 5.71. The highest BCUT2D eigenvalue weighted by molar-refractivity contribution is 14.1. The molecular weight excluding hydrogens is 548 g/mol. The summed E-state index contributed by atoms with van der Waals surface area (Å²) in [7, 11) is 0. The maximum atomic E-state index is 14.1. The number of benzene rings is 3. The van der Waals surface area contributed by atoms with Gasteiger partial charge in [0, 0.05) is 20.5 Å². The van der Waals surface area contributed by atoms with Crippen LogP contribution in [0.4, 0.5) is 21.5 Å². The van der Waals surface area contributed by atoms with Crippen LogP contribution in [-0.4, -0.2) is 17.7 Å². The molecule has 3 aromatic rings. The number of rotatable bonds is 5. The van der Waals surface area contributed by atoms with E-state index in [9.17, 15) is 18.8 Å². The highest BCUT2D eigenvalue weighted by Gasteiger charge is 2.40. The third kappa shape index (κ3) is 4.37. The summed E-state index contributed by atoms with van der Waals surface area (Å²) in [6.45, 7) is 0. The van der Waals surface area contributed by atoms with Crippen LogP contribution in [0.1, 0.15) is 10.4 Å². The van der Waals surface area contributed by atoms with E-state index in [2.05, 4.69) is 33.2 Å². The van der Waals surface area contributed by atoms with Crippen LogP contribution in [0.3, 0.4) is 0 Å². The molecule has 0 radical (unpaired) electrons. The average Bonchev–Trinajstić information content (AvgIpc) is 2.99. The number of anilines is 3. The number of carbonyl (C=O) groups is 3. The number of hydrogen-bond acceptors (Lipinski definition) is 4. The predicted octanol–water partition coefficient (Wildman–Crippen LogP) is 5.12. The normalized spacial score (nSPS) is 13.5. The van der Waals surface area contributed by atoms with Crippen molar-refractivity contribution in [2.24, 2.45) is 0 Å². The maximum absolute atomic E-state index is 14.1. The largest absolute Gasteiger partial charge is 0.350 e. The van der Waals surface area contributed by atoms with Crippen LogP contribution in [0.15, 0.2) is 83.5 Å². The zero-order chi connectivity index (χ0) is 22.8. The molecule has 3 amide bonds. The minimum atomic E-state index is -0.821. The first kappa shape index (κ1) is 22.0. The molecular formula is C23H14ClFIN3O3. The van der Waals surface area contributed by atoms with Crippen LogP contribution in [-0.2, 0) is 9.59 Å². The molecule has 0 saturated carbocycles. The summed E-state index contributed by atoms with van der Waals surface area (Å²) in [6.07, 6.45) is 0. The number of para-hydroxylation sites is 1. The molecule has 32 heavy (non-hydrogen) atoms. The summed E-state index contributed by atoms with van der Waals surface area (Å²) < 4.78 is 15.2. The average molecular weight is 562 g/mol. The van der Waals surface area contributed by atoms with E-state index in [0.29, 0.717) is 21.8 Å². The topological polar surface area (TPSA) is 78.5 Å². The van der Waals surface area contributed by atoms with E-state index in [1.165, 1.54) is 18.2 Å². The van der Waals surface area contributed by atoms with E-state index in [4.69, 9.17) is 11.6 Å². The second-order valence-electron chi connectivity index (χ2n) is 6.75. The van der Waals surface area contributed by atoms with Crippen LogP contribution in [0.25, 0.3) is 0 Å². The van der Waals surface area contributed by atoms with Gasteiger partial charge in [0.1, 0.15) is 16.5 Å². The lowest BCUT2D eigenvalue weighted by atomic mass is 10.2. The summed E-state index contributed by atoms with van der Waals surface area (Å²) in [5.41, 5.74) is 1.14. The molecule has 3 aromatic carbocycles. The fourth-order valence-electron chi connectivity index (χ4n) is 3.05. The van der Waals surface area contributed by atoms with Gasteiger partial charge in [-0.1, -0.05) is 23.7 Å². The van der Waals surface area contributed by atoms with E-state index in [-0.39, 0.29) is 22.3 Å². The van der Waals surface area contributed by atoms with Crippen LogP contribution < -0.4 is 15.5 Å². The molecule has 1 aliphatic heterocycles. The molecule has 6 nitrogen and oxygen atoms in total. The fraction of sp³-hybridized carbons (Fsp3) is 0. The zero-order valence-electron chi connectivity index (χ0n) is 16.2. The quantitative estimate of drug-likeness (QED) is 0.335. The number of nitrogens with zero attached hydrogens (tertiary/aromatic N) is 1. The lowest BCUT2D eigenvalue weighted by Crippen LogP contribution is -2.33. The van der Waals surface area contributed by atoms with E-state index in [1.807, 2.05) is 12.1 Å². The molecule has 0 aliphatic carbocycles. The van der Waals surface area contributed by atoms with Gasteiger partial charge in [0.05, 0.1) is 5.69 Å². The summed E-state index contributed by atoms with van der Waals surface area (Å²) in [4.78, 5) is 38.3. The van der Waals surface area contributed by atoms with Gasteiger partial charge >= 0.3 is 0 Å². The molecule has 0 saturated heterocycles. The fourth-order valence-corrected chi connectivity index (χ4v) is 3.62. The second kappa shape index (κ2) is 9.09. The Morgan fingerprint density at radius 3 is 2.16 bits per heavy atom. The lowest BCUT2D eigenvalue weighted by molar-refractivity contribution is -0.120. The molecule has 9 heteroatoms. The zero-order valence-corrected chi connectivity index (χ0v) is 19.1. The Hall–Kier alpha value is -3.24. The second-order valence-corrected chi connectivity index (χ2v) is 8.37. The van der Waals surface area contributed by atoms with Crippen molar-refractivity contribution in [3.63, 3.8) is 0 Å². The van der Waals surface area contributed by atoms with Crippen LogP contribution in [0.2, 0.25) is 0 Å². The number of imide groups is 1. The Labute approximate surface area is 201 Å². The van der Waals surface area contributed by atoms with Gasteiger partial charge in [-0.25, -0.2) is 9.29 Å². The van der Waals surface area contributed by atoms with Crippen molar-refractivity contribution >= 4 is 69.0 Å². The van der Waals surface area contributed by atoms with Gasteiger partial charge in [-0.3, -0.25) is 14.4 Å². The van der Waals surface area contributed by atoms with Crippen LogP contribution in [0.5, 0.6) is 0 Å². The number of halogens is 3. The van der Waals surface area contributed by atoms with Crippen molar-refractivity contribution in [1.82, 2.24) is 0 Å². The molecule has 0 spiro atoms. The Balaban J connectivity index is 1.49. The van der Waals surface area contributed by atoms with Crippen molar-refractivity contribution in [2.45, 2.75) is 0 Å². The number of nitrogens with one attached hydrogen (secondary N) is 2. The monoisotopic (exact) mass is 561 g/mol. The molecule has 0 bridgehead atoms. The molecule has 0 fully saturated rings. The molecule has 1 aliphatic rings. The van der Waals surface area contributed by atoms with Gasteiger partial charge in [0.2, 0.25) is 0 Å². The molecule has 0 aromatic heterocycles. The first-order valence-corrected chi connectivity index (χ1v) is 10.8. The van der Waals surface area contributed by atoms with Gasteiger partial charge in [-0.15, -0.1) is 0 Å². The SMILES string of the molecule is O=C(Nc1ccc(I)cc1)c1ccc(NC2=C(Cl)C(=O)N(c3ccccc3F)C2=O)cc1. The molecule has 1 heterocycles. The Bertz CT molecular complexity index is 1260. The summed E-state index contributed by atoms with van der Waals surface area (Å²) in [5, 5.41) is 5.24. The first-order chi connectivity index (χ1) is 15.3. The summed E-state index contributed by atoms with van der Waals surface area (Å²) >= 11 is 8.25. The maximum Gasteiger partial charge on any atom is 0.283 e. The lowest BCUT2D eigenvalue weighted by Gasteiger charge is -2.15. The Morgan fingerprint density at radius 1 is 0.875 bits per heavy atom. The van der Waals surface area contributed by atoms with Gasteiger partial charge < -0.3 is 10.6 Å². The van der Waals surface area contributed by atoms with Gasteiger partial charge in [-0.2, -0.15) is 0 Å². The highest BCUT2D eigenvalue weighted by Crippen LogP contribution is 2.31. The molecule has 0 unspecified atom stereocenters. The molecule has 160 valence electrons. The standard InChI is InChI=1S/C23H14ClFIN3O3/c24-19-20(23(32)29(22(19)31)18-4-2-1-3-17(18)25)27-15-9-5-13(6-10-15)21(30)28-16-11-7-14(26)8-12-16/h1-12,27H,(H,28,30). The van der Waals surface area contributed by atoms with Gasteiger partial charge in [-0.05, 0) is 83.3 Å². The van der Waals surface area contributed by atoms with E-state index in [0.717, 1.165) is 9.64 Å². The van der Waals surface area contributed by atoms with Crippen molar-refractivity contribution in [2.75, 3.05) is 15.5 Å². The predicted molar refractivity (Wildman–Crippen MR) is 129 cm³/mol. The molecule has 4 rings (SSSR count). The first-order valence-electron chi connectivity index (χ1n) is 9.32. The minimum Gasteiger partial charge on any atom is -0.350 e. The van der Waals surface area contributed by atoms with Gasteiger partial charge in [0.15, 0.2) is 0 Å². The van der Waals surface area contributed by atoms with Crippen molar-refractivity contribution in [3.05, 3.63) is 98.5 Å². The number of amides is 3. The highest BCUT2D eigenvalue weighted by atomic mass is 127. The molecule has 0 atom stereocenters. The third-order valence-electron chi connectivity index (χ3n) is 4.64. The van der Waals surface area contributed by atoms with E-state index in [1.54, 1.807) is 36.4 Å². The van der Waals surface area contributed by atoms with Crippen molar-refractivity contribution < 1.29 is 18.8 Å². The minimum absolute atomic E-state index is 0.170. The van der Waals surface area contributed by atoms with Crippen molar-refractivity contribution in [3.8, 4) is 0 Å². The van der Waals surface area contributed by atoms with Gasteiger partial charge in [0.25, 0.3) is 17.7 Å². The number of hydrogen-bond donors (Lipinski definition) is 2. The molecule has 2 N–H and O–H groups in total. The van der Waals surface area contributed by atoms with E-state index < -0.39 is 17.6 Å². The Kier molecular flexibility index (Phi) is 6.24.